The number of rotatable bonds is 5. The van der Waals surface area contributed by atoms with Crippen molar-refractivity contribution in [3.63, 3.8) is 0 Å². The number of piperazine rings is 1. The van der Waals surface area contributed by atoms with Gasteiger partial charge in [0.05, 0.1) is 12.8 Å². The number of hydrogen-bond donors (Lipinski definition) is 1. The van der Waals surface area contributed by atoms with Crippen molar-refractivity contribution in [2.45, 2.75) is 26.9 Å². The average molecular weight is 251 g/mol. The van der Waals surface area contributed by atoms with E-state index in [1.54, 1.807) is 6.26 Å². The first-order valence-electron chi connectivity index (χ1n) is 6.88. The van der Waals surface area contributed by atoms with Crippen LogP contribution >= 0.6 is 0 Å². The molecule has 0 saturated carbocycles. The highest BCUT2D eigenvalue weighted by atomic mass is 16.3. The van der Waals surface area contributed by atoms with Gasteiger partial charge in [-0.2, -0.15) is 0 Å². The second-order valence-corrected chi connectivity index (χ2v) is 5.60. The Hall–Kier alpha value is -0.840. The lowest BCUT2D eigenvalue weighted by Gasteiger charge is -2.35. The third-order valence-electron chi connectivity index (χ3n) is 3.41. The van der Waals surface area contributed by atoms with E-state index in [0.717, 1.165) is 36.9 Å². The second-order valence-electron chi connectivity index (χ2n) is 5.60. The first-order valence-corrected chi connectivity index (χ1v) is 6.88. The standard InChI is InChI=1S/C14H25N3O/c1-12(2)9-16-3-5-17(6-4-16)10-14-7-13(8-15)11-18-14/h7,11-12H,3-6,8-10,15H2,1-2H3. The molecular weight excluding hydrogens is 226 g/mol. The molecule has 2 heterocycles. The van der Waals surface area contributed by atoms with Crippen LogP contribution in [0, 0.1) is 5.92 Å². The Labute approximate surface area is 110 Å². The predicted octanol–water partition coefficient (Wildman–Crippen LogP) is 1.51. The zero-order valence-electron chi connectivity index (χ0n) is 11.6. The number of nitrogens with two attached hydrogens (primary N) is 1. The zero-order valence-corrected chi connectivity index (χ0v) is 11.6. The molecule has 0 amide bonds. The fraction of sp³-hybridized carbons (Fsp3) is 0.714. The summed E-state index contributed by atoms with van der Waals surface area (Å²) in [6.45, 7) is 11.8. The molecule has 1 fully saturated rings. The Balaban J connectivity index is 1.76. The molecule has 4 nitrogen and oxygen atoms in total. The molecule has 0 atom stereocenters. The van der Waals surface area contributed by atoms with Gasteiger partial charge in [-0.05, 0) is 12.0 Å². The van der Waals surface area contributed by atoms with E-state index >= 15 is 0 Å². The molecule has 0 aromatic carbocycles. The lowest BCUT2D eigenvalue weighted by Crippen LogP contribution is -2.46. The van der Waals surface area contributed by atoms with Gasteiger partial charge in [0.25, 0.3) is 0 Å². The topological polar surface area (TPSA) is 45.6 Å². The summed E-state index contributed by atoms with van der Waals surface area (Å²) in [7, 11) is 0. The molecule has 1 aliphatic rings. The maximum absolute atomic E-state index is 5.58. The van der Waals surface area contributed by atoms with Gasteiger partial charge in [-0.3, -0.25) is 4.90 Å². The molecule has 2 N–H and O–H groups in total. The smallest absolute Gasteiger partial charge is 0.118 e. The number of hydrogen-bond acceptors (Lipinski definition) is 4. The van der Waals surface area contributed by atoms with Crippen LogP contribution in [-0.4, -0.2) is 42.5 Å². The summed E-state index contributed by atoms with van der Waals surface area (Å²) < 4.78 is 5.51. The Kier molecular flexibility index (Phi) is 4.80. The first kappa shape index (κ1) is 13.6. The Morgan fingerprint density at radius 1 is 1.22 bits per heavy atom. The van der Waals surface area contributed by atoms with Gasteiger partial charge in [-0.15, -0.1) is 0 Å². The Bertz CT molecular complexity index is 354. The van der Waals surface area contributed by atoms with Crippen LogP contribution in [-0.2, 0) is 13.1 Å². The monoisotopic (exact) mass is 251 g/mol. The average Bonchev–Trinajstić information content (AvgIpc) is 2.79. The molecule has 0 radical (unpaired) electrons. The van der Waals surface area contributed by atoms with Gasteiger partial charge >= 0.3 is 0 Å². The summed E-state index contributed by atoms with van der Waals surface area (Å²) >= 11 is 0. The molecule has 1 aromatic rings. The van der Waals surface area contributed by atoms with Gasteiger partial charge in [-0.1, -0.05) is 13.8 Å². The molecule has 4 heteroatoms. The van der Waals surface area contributed by atoms with E-state index in [1.165, 1.54) is 19.6 Å². The van der Waals surface area contributed by atoms with E-state index in [-0.39, 0.29) is 0 Å². The quantitative estimate of drug-likeness (QED) is 0.861. The third kappa shape index (κ3) is 3.83. The SMILES string of the molecule is CC(C)CN1CCN(Cc2cc(CN)co2)CC1. The molecule has 0 aliphatic carbocycles. The van der Waals surface area contributed by atoms with E-state index < -0.39 is 0 Å². The minimum absolute atomic E-state index is 0.561. The van der Waals surface area contributed by atoms with Crippen molar-refractivity contribution < 1.29 is 4.42 Å². The third-order valence-corrected chi connectivity index (χ3v) is 3.41. The van der Waals surface area contributed by atoms with Crippen LogP contribution < -0.4 is 5.73 Å². The van der Waals surface area contributed by atoms with Crippen LogP contribution in [0.3, 0.4) is 0 Å². The lowest BCUT2D eigenvalue weighted by molar-refractivity contribution is 0.112. The molecule has 2 rings (SSSR count). The summed E-state index contributed by atoms with van der Waals surface area (Å²) in [5.74, 6) is 1.79. The summed E-state index contributed by atoms with van der Waals surface area (Å²) in [6, 6.07) is 2.07. The van der Waals surface area contributed by atoms with E-state index in [0.29, 0.717) is 6.54 Å². The normalized spacial score (nSPS) is 18.7. The molecule has 1 aliphatic heterocycles. The molecule has 1 aromatic heterocycles. The summed E-state index contributed by atoms with van der Waals surface area (Å²) in [6.07, 6.45) is 1.77. The second kappa shape index (κ2) is 6.36. The molecule has 0 spiro atoms. The molecule has 18 heavy (non-hydrogen) atoms. The van der Waals surface area contributed by atoms with Crippen molar-refractivity contribution in [1.29, 1.82) is 0 Å². The highest BCUT2D eigenvalue weighted by Crippen LogP contribution is 2.12. The van der Waals surface area contributed by atoms with Crippen molar-refractivity contribution in [1.82, 2.24) is 9.80 Å². The van der Waals surface area contributed by atoms with Crippen molar-refractivity contribution in [2.24, 2.45) is 11.7 Å². The minimum atomic E-state index is 0.561. The van der Waals surface area contributed by atoms with Crippen LogP contribution in [0.1, 0.15) is 25.2 Å². The molecule has 102 valence electrons. The van der Waals surface area contributed by atoms with Crippen molar-refractivity contribution in [3.8, 4) is 0 Å². The Morgan fingerprint density at radius 3 is 2.44 bits per heavy atom. The van der Waals surface area contributed by atoms with Crippen LogP contribution in [0.15, 0.2) is 16.7 Å². The van der Waals surface area contributed by atoms with Gasteiger partial charge in [-0.25, -0.2) is 0 Å². The summed E-state index contributed by atoms with van der Waals surface area (Å²) in [5, 5.41) is 0. The lowest BCUT2D eigenvalue weighted by atomic mass is 10.2. The van der Waals surface area contributed by atoms with Gasteiger partial charge in [0.15, 0.2) is 0 Å². The van der Waals surface area contributed by atoms with E-state index in [1.807, 2.05) is 0 Å². The molecular formula is C14H25N3O. The van der Waals surface area contributed by atoms with E-state index in [9.17, 15) is 0 Å². The first-order chi connectivity index (χ1) is 8.67. The van der Waals surface area contributed by atoms with Gasteiger partial charge in [0.1, 0.15) is 5.76 Å². The zero-order chi connectivity index (χ0) is 13.0. The van der Waals surface area contributed by atoms with Crippen molar-refractivity contribution in [2.75, 3.05) is 32.7 Å². The van der Waals surface area contributed by atoms with E-state index in [2.05, 4.69) is 29.7 Å². The maximum Gasteiger partial charge on any atom is 0.118 e. The van der Waals surface area contributed by atoms with E-state index in [4.69, 9.17) is 10.2 Å². The largest absolute Gasteiger partial charge is 0.468 e. The number of nitrogens with zero attached hydrogens (tertiary/aromatic N) is 2. The van der Waals surface area contributed by atoms with Crippen LogP contribution in [0.5, 0.6) is 0 Å². The fourth-order valence-corrected chi connectivity index (χ4v) is 2.48. The van der Waals surface area contributed by atoms with Gasteiger partial charge < -0.3 is 15.1 Å². The summed E-state index contributed by atoms with van der Waals surface area (Å²) in [5.41, 5.74) is 6.67. The minimum Gasteiger partial charge on any atom is -0.468 e. The number of furan rings is 1. The summed E-state index contributed by atoms with van der Waals surface area (Å²) in [4.78, 5) is 5.00. The molecule has 0 unspecified atom stereocenters. The van der Waals surface area contributed by atoms with Gasteiger partial charge in [0.2, 0.25) is 0 Å². The maximum atomic E-state index is 5.58. The van der Waals surface area contributed by atoms with Crippen molar-refractivity contribution >= 4 is 0 Å². The van der Waals surface area contributed by atoms with Gasteiger partial charge in [0, 0.05) is 44.8 Å². The molecule has 0 bridgehead atoms. The fourth-order valence-electron chi connectivity index (χ4n) is 2.48. The highest BCUT2D eigenvalue weighted by Gasteiger charge is 2.18. The highest BCUT2D eigenvalue weighted by molar-refractivity contribution is 5.12. The van der Waals surface area contributed by atoms with Crippen molar-refractivity contribution in [3.05, 3.63) is 23.7 Å². The Morgan fingerprint density at radius 2 is 1.89 bits per heavy atom. The van der Waals surface area contributed by atoms with Crippen LogP contribution in [0.25, 0.3) is 0 Å². The molecule has 1 saturated heterocycles. The van der Waals surface area contributed by atoms with Crippen LogP contribution in [0.2, 0.25) is 0 Å². The predicted molar refractivity (Wildman–Crippen MR) is 73.2 cm³/mol. The van der Waals surface area contributed by atoms with Crippen LogP contribution in [0.4, 0.5) is 0 Å².